The smallest absolute Gasteiger partial charge is 0.233 e. The first-order valence-corrected chi connectivity index (χ1v) is 5.55. The number of halogens is 16. The molecule has 0 aromatic rings. The van der Waals surface area contributed by atoms with Crippen LogP contribution < -0.4 is 0 Å². The first-order valence-electron chi connectivity index (χ1n) is 5.10. The van der Waals surface area contributed by atoms with Gasteiger partial charge in [0.2, 0.25) is 6.17 Å². The van der Waals surface area contributed by atoms with E-state index in [1.165, 1.54) is 0 Å². The van der Waals surface area contributed by atoms with Crippen molar-refractivity contribution in [3.05, 3.63) is 0 Å². The van der Waals surface area contributed by atoms with Crippen molar-refractivity contribution in [2.45, 2.75) is 47.2 Å². The van der Waals surface area contributed by atoms with Gasteiger partial charge in [-0.1, -0.05) is 0 Å². The van der Waals surface area contributed by atoms with Crippen molar-refractivity contribution in [2.75, 3.05) is 0 Å². The Bertz CT molecular complexity index is 483. The first-order chi connectivity index (χ1) is 10.4. The molecule has 0 nitrogen and oxygen atoms in total. The fraction of sp³-hybridized carbons (Fsp3) is 1.00. The summed E-state index contributed by atoms with van der Waals surface area (Å²) >= 11 is 1.66. The van der Waals surface area contributed by atoms with Crippen LogP contribution in [-0.4, -0.2) is 47.2 Å². The second-order valence-electron chi connectivity index (χ2n) is 4.37. The molecule has 25 heavy (non-hydrogen) atoms. The summed E-state index contributed by atoms with van der Waals surface area (Å²) in [4.78, 5) is 0. The molecule has 0 bridgehead atoms. The van der Waals surface area contributed by atoms with E-state index in [1.807, 2.05) is 0 Å². The number of alkyl halides is 16. The molecule has 152 valence electrons. The van der Waals surface area contributed by atoms with Crippen LogP contribution in [0.2, 0.25) is 0 Å². The monoisotopic (exact) mass is 434 g/mol. The largest absolute Gasteiger partial charge is 0.460 e. The fourth-order valence-electron chi connectivity index (χ4n) is 1.16. The van der Waals surface area contributed by atoms with Gasteiger partial charge < -0.3 is 0 Å². The molecule has 0 aliphatic rings. The maximum atomic E-state index is 12.9. The third-order valence-electron chi connectivity index (χ3n) is 2.58. The van der Waals surface area contributed by atoms with Crippen molar-refractivity contribution >= 4 is 12.6 Å². The fourth-order valence-corrected chi connectivity index (χ4v) is 1.32. The van der Waals surface area contributed by atoms with Gasteiger partial charge in [0, 0.05) is 0 Å². The van der Waals surface area contributed by atoms with Gasteiger partial charge in [-0.3, -0.25) is 0 Å². The molecule has 0 aliphatic heterocycles. The molecule has 0 fully saturated rings. The van der Waals surface area contributed by atoms with Gasteiger partial charge in [-0.25, -0.2) is 4.39 Å². The molecule has 0 aromatic carbocycles. The zero-order valence-corrected chi connectivity index (χ0v) is 11.5. The average Bonchev–Trinajstić information content (AvgIpc) is 2.34. The van der Waals surface area contributed by atoms with E-state index >= 15 is 0 Å². The van der Waals surface area contributed by atoms with Crippen molar-refractivity contribution in [1.82, 2.24) is 0 Å². The Morgan fingerprint density at radius 3 is 1.00 bits per heavy atom. The summed E-state index contributed by atoms with van der Waals surface area (Å²) in [5, 5.41) is -5.88. The highest BCUT2D eigenvalue weighted by Crippen LogP contribution is 2.61. The number of hydrogen-bond acceptors (Lipinski definition) is 1. The SMILES string of the molecule is FC(C(F)(F)S)C(F)(F)C(F)(F)C(F)(F)C(F)(F)C(F)(F)C(F)(F)F. The lowest BCUT2D eigenvalue weighted by molar-refractivity contribution is -0.444. The van der Waals surface area contributed by atoms with Crippen LogP contribution in [0.5, 0.6) is 0 Å². The maximum Gasteiger partial charge on any atom is 0.460 e. The van der Waals surface area contributed by atoms with Crippen molar-refractivity contribution in [3.8, 4) is 0 Å². The number of thiol groups is 1. The maximum absolute atomic E-state index is 12.9. The van der Waals surface area contributed by atoms with Crippen LogP contribution in [0.3, 0.4) is 0 Å². The van der Waals surface area contributed by atoms with Gasteiger partial charge in [0.05, 0.1) is 0 Å². The van der Waals surface area contributed by atoms with Crippen LogP contribution in [-0.2, 0) is 0 Å². The Labute approximate surface area is 131 Å². The van der Waals surface area contributed by atoms with Gasteiger partial charge >= 0.3 is 41.0 Å². The third-order valence-corrected chi connectivity index (χ3v) is 2.81. The van der Waals surface area contributed by atoms with Crippen molar-refractivity contribution in [3.63, 3.8) is 0 Å². The predicted molar refractivity (Wildman–Crippen MR) is 49.6 cm³/mol. The minimum absolute atomic E-state index is 1.66. The molecule has 0 saturated carbocycles. The first kappa shape index (κ1) is 24.2. The second kappa shape index (κ2) is 5.87. The van der Waals surface area contributed by atoms with E-state index in [2.05, 4.69) is 0 Å². The van der Waals surface area contributed by atoms with Gasteiger partial charge in [0.25, 0.3) is 0 Å². The highest BCUT2D eigenvalue weighted by atomic mass is 32.1. The van der Waals surface area contributed by atoms with Gasteiger partial charge in [-0.2, -0.15) is 65.9 Å². The van der Waals surface area contributed by atoms with E-state index < -0.39 is 47.2 Å². The molecule has 17 heteroatoms. The normalized spacial score (nSPS) is 17.6. The van der Waals surface area contributed by atoms with Crippen LogP contribution in [0, 0.1) is 0 Å². The highest BCUT2D eigenvalue weighted by molar-refractivity contribution is 7.81. The molecule has 0 rings (SSSR count). The van der Waals surface area contributed by atoms with Crippen LogP contribution in [0.4, 0.5) is 70.2 Å². The van der Waals surface area contributed by atoms with E-state index in [0.29, 0.717) is 0 Å². The van der Waals surface area contributed by atoms with Gasteiger partial charge in [0.1, 0.15) is 0 Å². The molecular formula is C8H2F16S. The quantitative estimate of drug-likeness (QED) is 0.409. The molecule has 0 amide bonds. The predicted octanol–water partition coefficient (Wildman–Crippen LogP) is 5.59. The summed E-state index contributed by atoms with van der Waals surface area (Å²) < 4.78 is 199. The van der Waals surface area contributed by atoms with Gasteiger partial charge in [-0.15, -0.1) is 12.6 Å². The molecule has 0 N–H and O–H groups in total. The molecule has 0 aliphatic carbocycles. The molecule has 1 atom stereocenters. The third kappa shape index (κ3) is 3.31. The van der Waals surface area contributed by atoms with Crippen LogP contribution in [0.1, 0.15) is 0 Å². The lowest BCUT2D eigenvalue weighted by Gasteiger charge is -2.40. The van der Waals surface area contributed by atoms with Crippen LogP contribution >= 0.6 is 12.6 Å². The Morgan fingerprint density at radius 2 is 0.760 bits per heavy atom. The summed E-state index contributed by atoms with van der Waals surface area (Å²) in [6.45, 7) is 0. The highest BCUT2D eigenvalue weighted by Gasteiger charge is 2.92. The zero-order chi connectivity index (χ0) is 21.1. The molecule has 1 unspecified atom stereocenters. The number of hydrogen-bond donors (Lipinski definition) is 1. The minimum Gasteiger partial charge on any atom is -0.233 e. The standard InChI is InChI=1S/C8H2F16S/c9-1(3(12,13)25)2(10,11)4(14,15)5(16,17)6(18,19)7(20,21)8(22,23)24/h1,25H. The number of rotatable bonds is 6. The van der Waals surface area contributed by atoms with E-state index in [1.54, 1.807) is 12.6 Å². The van der Waals surface area contributed by atoms with Crippen LogP contribution in [0.15, 0.2) is 0 Å². The van der Waals surface area contributed by atoms with E-state index in [0.717, 1.165) is 0 Å². The van der Waals surface area contributed by atoms with Crippen molar-refractivity contribution < 1.29 is 70.2 Å². The summed E-state index contributed by atoms with van der Waals surface area (Å²) in [7, 11) is 0. The van der Waals surface area contributed by atoms with Gasteiger partial charge in [0.15, 0.2) is 0 Å². The molecule has 0 heterocycles. The molecule has 0 saturated heterocycles. The van der Waals surface area contributed by atoms with E-state index in [-0.39, 0.29) is 0 Å². The summed E-state index contributed by atoms with van der Waals surface area (Å²) in [5.41, 5.74) is 0. The summed E-state index contributed by atoms with van der Waals surface area (Å²) in [5.74, 6) is -40.3. The lowest BCUT2D eigenvalue weighted by Crippen LogP contribution is -2.72. The summed E-state index contributed by atoms with van der Waals surface area (Å²) in [6.07, 6.45) is -13.4. The Balaban J connectivity index is 6.40. The average molecular weight is 434 g/mol. The topological polar surface area (TPSA) is 0 Å². The lowest BCUT2D eigenvalue weighted by atomic mass is 9.92. The van der Waals surface area contributed by atoms with Crippen LogP contribution in [0.25, 0.3) is 0 Å². The molecular weight excluding hydrogens is 432 g/mol. The van der Waals surface area contributed by atoms with Crippen molar-refractivity contribution in [2.24, 2.45) is 0 Å². The molecule has 0 radical (unpaired) electrons. The van der Waals surface area contributed by atoms with E-state index in [9.17, 15) is 70.2 Å². The zero-order valence-electron chi connectivity index (χ0n) is 10.6. The molecule has 0 spiro atoms. The van der Waals surface area contributed by atoms with E-state index in [4.69, 9.17) is 0 Å². The summed E-state index contributed by atoms with van der Waals surface area (Å²) in [6, 6.07) is 0. The Hall–Kier alpha value is -0.770. The molecule has 0 aromatic heterocycles. The van der Waals surface area contributed by atoms with Crippen molar-refractivity contribution in [1.29, 1.82) is 0 Å². The Morgan fingerprint density at radius 1 is 0.480 bits per heavy atom. The second-order valence-corrected chi connectivity index (χ2v) is 4.96. The minimum atomic E-state index is -8.33. The Kier molecular flexibility index (Phi) is 5.69. The van der Waals surface area contributed by atoms with Gasteiger partial charge in [-0.05, 0) is 0 Å².